The van der Waals surface area contributed by atoms with E-state index in [1.807, 2.05) is 23.7 Å². The van der Waals surface area contributed by atoms with Crippen molar-refractivity contribution in [3.8, 4) is 0 Å². The standard InChI is InChI=1S/C16H21Cl2N5/c1-11-4-3-5-23(9-11)15-7-14(20-10-21-15)19-8-12-6-13(17)16(18)22(12)2/h6-7,10-11H,3-5,8-9H2,1-2H3,(H,19,20,21). The van der Waals surface area contributed by atoms with E-state index >= 15 is 0 Å². The summed E-state index contributed by atoms with van der Waals surface area (Å²) in [5.41, 5.74) is 1.01. The molecule has 2 aromatic heterocycles. The quantitative estimate of drug-likeness (QED) is 0.903. The third-order valence-corrected chi connectivity index (χ3v) is 5.14. The molecule has 1 fully saturated rings. The molecule has 1 unspecified atom stereocenters. The lowest BCUT2D eigenvalue weighted by molar-refractivity contribution is 0.444. The molecule has 124 valence electrons. The highest BCUT2D eigenvalue weighted by Crippen LogP contribution is 2.26. The van der Waals surface area contributed by atoms with Gasteiger partial charge in [0, 0.05) is 31.9 Å². The summed E-state index contributed by atoms with van der Waals surface area (Å²) in [6, 6.07) is 3.87. The van der Waals surface area contributed by atoms with Gasteiger partial charge in [-0.2, -0.15) is 0 Å². The zero-order valence-corrected chi connectivity index (χ0v) is 14.9. The van der Waals surface area contributed by atoms with Crippen LogP contribution in [0, 0.1) is 5.92 Å². The first kappa shape index (κ1) is 16.4. The highest BCUT2D eigenvalue weighted by atomic mass is 35.5. The topological polar surface area (TPSA) is 46.0 Å². The second-order valence-electron chi connectivity index (χ2n) is 6.14. The number of nitrogens with zero attached hydrogens (tertiary/aromatic N) is 4. The highest BCUT2D eigenvalue weighted by molar-refractivity contribution is 6.41. The molecule has 2 aromatic rings. The van der Waals surface area contributed by atoms with Crippen LogP contribution in [0.5, 0.6) is 0 Å². The summed E-state index contributed by atoms with van der Waals surface area (Å²) in [5.74, 6) is 2.50. The molecule has 0 radical (unpaired) electrons. The first-order chi connectivity index (χ1) is 11.0. The summed E-state index contributed by atoms with van der Waals surface area (Å²) in [6.07, 6.45) is 4.12. The second-order valence-corrected chi connectivity index (χ2v) is 6.91. The van der Waals surface area contributed by atoms with E-state index in [2.05, 4.69) is 27.1 Å². The summed E-state index contributed by atoms with van der Waals surface area (Å²) in [4.78, 5) is 11.0. The minimum atomic E-state index is 0.550. The van der Waals surface area contributed by atoms with Gasteiger partial charge in [-0.1, -0.05) is 30.1 Å². The molecule has 1 N–H and O–H groups in total. The van der Waals surface area contributed by atoms with Crippen LogP contribution in [0.2, 0.25) is 10.2 Å². The van der Waals surface area contributed by atoms with Crippen LogP contribution >= 0.6 is 23.2 Å². The Balaban J connectivity index is 1.69. The van der Waals surface area contributed by atoms with E-state index in [0.717, 1.165) is 30.4 Å². The lowest BCUT2D eigenvalue weighted by Gasteiger charge is -2.31. The number of rotatable bonds is 4. The third kappa shape index (κ3) is 3.72. The van der Waals surface area contributed by atoms with Crippen LogP contribution < -0.4 is 10.2 Å². The molecule has 0 aliphatic carbocycles. The lowest BCUT2D eigenvalue weighted by Crippen LogP contribution is -2.34. The van der Waals surface area contributed by atoms with E-state index < -0.39 is 0 Å². The number of hydrogen-bond acceptors (Lipinski definition) is 4. The molecule has 1 atom stereocenters. The average Bonchev–Trinajstić information content (AvgIpc) is 2.80. The van der Waals surface area contributed by atoms with Crippen molar-refractivity contribution in [2.75, 3.05) is 23.3 Å². The van der Waals surface area contributed by atoms with Gasteiger partial charge in [0.2, 0.25) is 0 Å². The van der Waals surface area contributed by atoms with Gasteiger partial charge in [-0.3, -0.25) is 0 Å². The van der Waals surface area contributed by atoms with Gasteiger partial charge in [-0.15, -0.1) is 0 Å². The molecule has 1 saturated heterocycles. The molecule has 23 heavy (non-hydrogen) atoms. The number of halogens is 2. The normalized spacial score (nSPS) is 18.3. The predicted octanol–water partition coefficient (Wildman–Crippen LogP) is 3.97. The highest BCUT2D eigenvalue weighted by Gasteiger charge is 2.18. The van der Waals surface area contributed by atoms with Crippen molar-refractivity contribution in [2.45, 2.75) is 26.3 Å². The van der Waals surface area contributed by atoms with Gasteiger partial charge in [0.25, 0.3) is 0 Å². The molecule has 3 heterocycles. The molecule has 0 saturated carbocycles. The molecule has 3 rings (SSSR count). The SMILES string of the molecule is CC1CCCN(c2cc(NCc3cc(Cl)c(Cl)n3C)ncn2)C1. The van der Waals surface area contributed by atoms with Crippen molar-refractivity contribution < 1.29 is 0 Å². The van der Waals surface area contributed by atoms with Crippen molar-refractivity contribution in [3.05, 3.63) is 34.3 Å². The van der Waals surface area contributed by atoms with Crippen molar-refractivity contribution in [1.82, 2.24) is 14.5 Å². The molecule has 0 bridgehead atoms. The third-order valence-electron chi connectivity index (χ3n) is 4.30. The molecular formula is C16H21Cl2N5. The maximum Gasteiger partial charge on any atom is 0.134 e. The number of hydrogen-bond donors (Lipinski definition) is 1. The van der Waals surface area contributed by atoms with Crippen LogP contribution in [0.15, 0.2) is 18.5 Å². The summed E-state index contributed by atoms with van der Waals surface area (Å²) in [7, 11) is 1.89. The maximum atomic E-state index is 6.09. The van der Waals surface area contributed by atoms with Crippen molar-refractivity contribution >= 4 is 34.8 Å². The van der Waals surface area contributed by atoms with E-state index in [0.29, 0.717) is 22.6 Å². The van der Waals surface area contributed by atoms with Gasteiger partial charge in [-0.05, 0) is 24.8 Å². The van der Waals surface area contributed by atoms with Crippen LogP contribution in [-0.2, 0) is 13.6 Å². The van der Waals surface area contributed by atoms with Gasteiger partial charge in [-0.25, -0.2) is 9.97 Å². The zero-order chi connectivity index (χ0) is 16.4. The summed E-state index contributed by atoms with van der Waals surface area (Å²) < 4.78 is 1.87. The lowest BCUT2D eigenvalue weighted by atomic mass is 10.0. The fraction of sp³-hybridized carbons (Fsp3) is 0.500. The van der Waals surface area contributed by atoms with Gasteiger partial charge in [0.05, 0.1) is 11.6 Å². The van der Waals surface area contributed by atoms with Crippen LogP contribution in [0.4, 0.5) is 11.6 Å². The van der Waals surface area contributed by atoms with Gasteiger partial charge in [0.15, 0.2) is 0 Å². The van der Waals surface area contributed by atoms with E-state index in [-0.39, 0.29) is 0 Å². The van der Waals surface area contributed by atoms with Crippen molar-refractivity contribution in [1.29, 1.82) is 0 Å². The van der Waals surface area contributed by atoms with Gasteiger partial charge in [0.1, 0.15) is 23.1 Å². The van der Waals surface area contributed by atoms with Gasteiger partial charge < -0.3 is 14.8 Å². The van der Waals surface area contributed by atoms with E-state index in [1.165, 1.54) is 12.8 Å². The number of aromatic nitrogens is 3. The number of anilines is 2. The van der Waals surface area contributed by atoms with Crippen molar-refractivity contribution in [3.63, 3.8) is 0 Å². The Morgan fingerprint density at radius 3 is 2.83 bits per heavy atom. The molecule has 0 amide bonds. The van der Waals surface area contributed by atoms with Crippen LogP contribution in [-0.4, -0.2) is 27.6 Å². The Kier molecular flexibility index (Phi) is 4.97. The minimum absolute atomic E-state index is 0.550. The number of piperidine rings is 1. The van der Waals surface area contributed by atoms with E-state index in [9.17, 15) is 0 Å². The van der Waals surface area contributed by atoms with Crippen LogP contribution in [0.3, 0.4) is 0 Å². The number of nitrogens with one attached hydrogen (secondary N) is 1. The first-order valence-corrected chi connectivity index (χ1v) is 8.60. The molecule has 5 nitrogen and oxygen atoms in total. The molecular weight excluding hydrogens is 333 g/mol. The Labute approximate surface area is 146 Å². The molecule has 7 heteroatoms. The van der Waals surface area contributed by atoms with Crippen LogP contribution in [0.1, 0.15) is 25.5 Å². The monoisotopic (exact) mass is 353 g/mol. The van der Waals surface area contributed by atoms with E-state index in [1.54, 1.807) is 6.33 Å². The fourth-order valence-corrected chi connectivity index (χ4v) is 3.37. The molecule has 1 aliphatic rings. The Hall–Kier alpha value is -1.46. The summed E-state index contributed by atoms with van der Waals surface area (Å²) in [6.45, 7) is 5.01. The predicted molar refractivity (Wildman–Crippen MR) is 95.4 cm³/mol. The largest absolute Gasteiger partial charge is 0.364 e. The Morgan fingerprint density at radius 2 is 2.13 bits per heavy atom. The Morgan fingerprint density at radius 1 is 1.30 bits per heavy atom. The smallest absolute Gasteiger partial charge is 0.134 e. The van der Waals surface area contributed by atoms with Crippen LogP contribution in [0.25, 0.3) is 0 Å². The second kappa shape index (κ2) is 6.97. The summed E-state index contributed by atoms with van der Waals surface area (Å²) >= 11 is 12.1. The molecule has 0 aromatic carbocycles. The minimum Gasteiger partial charge on any atom is -0.364 e. The maximum absolute atomic E-state index is 6.09. The van der Waals surface area contributed by atoms with E-state index in [4.69, 9.17) is 23.2 Å². The van der Waals surface area contributed by atoms with Crippen molar-refractivity contribution in [2.24, 2.45) is 13.0 Å². The molecule has 1 aliphatic heterocycles. The molecule has 0 spiro atoms. The first-order valence-electron chi connectivity index (χ1n) is 7.85. The fourth-order valence-electron chi connectivity index (χ4n) is 2.95. The summed E-state index contributed by atoms with van der Waals surface area (Å²) in [5, 5.41) is 4.43. The average molecular weight is 354 g/mol. The Bertz CT molecular complexity index is 685. The van der Waals surface area contributed by atoms with Gasteiger partial charge >= 0.3 is 0 Å². The zero-order valence-electron chi connectivity index (χ0n) is 13.4.